The molecule has 2 heterocycles. The van der Waals surface area contributed by atoms with Crippen LogP contribution in [-0.2, 0) is 11.3 Å². The molecular weight excluding hydrogens is 240 g/mol. The van der Waals surface area contributed by atoms with Crippen LogP contribution in [0.3, 0.4) is 0 Å². The minimum atomic E-state index is -0.144. The van der Waals surface area contributed by atoms with Gasteiger partial charge in [0.05, 0.1) is 6.61 Å². The molecule has 2 aliphatic heterocycles. The first-order valence-corrected chi connectivity index (χ1v) is 6.99. The Morgan fingerprint density at radius 2 is 2.05 bits per heavy atom. The Hall–Kier alpha value is -1.55. The highest BCUT2D eigenvalue weighted by molar-refractivity contribution is 5.68. The summed E-state index contributed by atoms with van der Waals surface area (Å²) in [4.78, 5) is 16.2. The van der Waals surface area contributed by atoms with E-state index >= 15 is 0 Å². The van der Waals surface area contributed by atoms with Crippen molar-refractivity contribution in [3.05, 3.63) is 35.9 Å². The van der Waals surface area contributed by atoms with E-state index in [9.17, 15) is 4.79 Å². The zero-order valence-electron chi connectivity index (χ0n) is 11.3. The Morgan fingerprint density at radius 3 is 2.68 bits per heavy atom. The molecule has 0 N–H and O–H groups in total. The van der Waals surface area contributed by atoms with Crippen LogP contribution in [0.1, 0.15) is 18.9 Å². The van der Waals surface area contributed by atoms with Gasteiger partial charge in [-0.3, -0.25) is 4.90 Å². The minimum Gasteiger partial charge on any atom is -0.450 e. The quantitative estimate of drug-likeness (QED) is 0.834. The van der Waals surface area contributed by atoms with Crippen LogP contribution in [-0.4, -0.2) is 47.7 Å². The Bertz CT molecular complexity index is 449. The molecule has 0 aliphatic carbocycles. The van der Waals surface area contributed by atoms with E-state index < -0.39 is 0 Å². The topological polar surface area (TPSA) is 32.8 Å². The maximum Gasteiger partial charge on any atom is 0.410 e. The van der Waals surface area contributed by atoms with Gasteiger partial charge in [-0.05, 0) is 18.9 Å². The summed E-state index contributed by atoms with van der Waals surface area (Å²) in [5.74, 6) is 0. The van der Waals surface area contributed by atoms with Crippen LogP contribution in [0.15, 0.2) is 30.3 Å². The fourth-order valence-electron chi connectivity index (χ4n) is 3.19. The molecule has 4 heteroatoms. The molecule has 2 saturated heterocycles. The van der Waals surface area contributed by atoms with Crippen molar-refractivity contribution in [3.63, 3.8) is 0 Å². The molecule has 0 saturated carbocycles. The maximum atomic E-state index is 11.8. The fraction of sp³-hybridized carbons (Fsp3) is 0.533. The molecule has 4 nitrogen and oxygen atoms in total. The summed E-state index contributed by atoms with van der Waals surface area (Å²) >= 11 is 0. The van der Waals surface area contributed by atoms with Gasteiger partial charge in [0.25, 0.3) is 0 Å². The molecule has 102 valence electrons. The molecule has 2 aliphatic rings. The number of likely N-dealkylation sites (tertiary alicyclic amines) is 2. The van der Waals surface area contributed by atoms with Crippen LogP contribution in [0, 0.1) is 0 Å². The average molecular weight is 260 g/mol. The molecule has 0 radical (unpaired) electrons. The molecule has 0 unspecified atom stereocenters. The molecule has 2 bridgehead atoms. The Kier molecular flexibility index (Phi) is 3.42. The lowest BCUT2D eigenvalue weighted by molar-refractivity contribution is 0.0757. The summed E-state index contributed by atoms with van der Waals surface area (Å²) in [6.07, 6.45) is 0.945. The lowest BCUT2D eigenvalue weighted by Gasteiger charge is -2.33. The number of carbonyl (C=O) groups is 1. The monoisotopic (exact) mass is 260 g/mol. The Labute approximate surface area is 113 Å². The van der Waals surface area contributed by atoms with E-state index in [1.807, 2.05) is 17.9 Å². The zero-order chi connectivity index (χ0) is 13.2. The largest absolute Gasteiger partial charge is 0.450 e. The summed E-state index contributed by atoms with van der Waals surface area (Å²) < 4.78 is 5.10. The van der Waals surface area contributed by atoms with Crippen LogP contribution in [0.5, 0.6) is 0 Å². The van der Waals surface area contributed by atoms with Gasteiger partial charge in [-0.1, -0.05) is 30.3 Å². The van der Waals surface area contributed by atoms with E-state index in [4.69, 9.17) is 4.74 Å². The lowest BCUT2D eigenvalue weighted by Crippen LogP contribution is -2.48. The summed E-state index contributed by atoms with van der Waals surface area (Å²) in [5.41, 5.74) is 1.35. The van der Waals surface area contributed by atoms with Crippen LogP contribution >= 0.6 is 0 Å². The number of benzene rings is 1. The van der Waals surface area contributed by atoms with Crippen molar-refractivity contribution in [1.29, 1.82) is 0 Å². The van der Waals surface area contributed by atoms with Gasteiger partial charge >= 0.3 is 6.09 Å². The van der Waals surface area contributed by atoms with Crippen molar-refractivity contribution in [1.82, 2.24) is 9.80 Å². The third-order valence-electron chi connectivity index (χ3n) is 4.08. The normalized spacial score (nSPS) is 25.8. The molecule has 1 amide bonds. The summed E-state index contributed by atoms with van der Waals surface area (Å²) in [5, 5.41) is 0. The van der Waals surface area contributed by atoms with Gasteiger partial charge in [-0.25, -0.2) is 4.79 Å². The Morgan fingerprint density at radius 1 is 1.26 bits per heavy atom. The lowest BCUT2D eigenvalue weighted by atomic mass is 10.2. The molecule has 1 aromatic carbocycles. The summed E-state index contributed by atoms with van der Waals surface area (Å²) in [6, 6.07) is 11.4. The average Bonchev–Trinajstić information content (AvgIpc) is 3.00. The van der Waals surface area contributed by atoms with Gasteiger partial charge < -0.3 is 9.64 Å². The zero-order valence-corrected chi connectivity index (χ0v) is 11.3. The molecule has 2 fully saturated rings. The van der Waals surface area contributed by atoms with Gasteiger partial charge in [0.2, 0.25) is 0 Å². The summed E-state index contributed by atoms with van der Waals surface area (Å²) in [7, 11) is 0. The molecule has 0 aromatic heterocycles. The number of rotatable bonds is 3. The first-order chi connectivity index (χ1) is 9.28. The van der Waals surface area contributed by atoms with Gasteiger partial charge in [0.15, 0.2) is 0 Å². The second-order valence-corrected chi connectivity index (χ2v) is 5.31. The van der Waals surface area contributed by atoms with E-state index in [0.717, 1.165) is 26.1 Å². The van der Waals surface area contributed by atoms with Crippen molar-refractivity contribution in [2.24, 2.45) is 0 Å². The van der Waals surface area contributed by atoms with Gasteiger partial charge in [0.1, 0.15) is 0 Å². The van der Waals surface area contributed by atoms with E-state index in [-0.39, 0.29) is 6.09 Å². The van der Waals surface area contributed by atoms with E-state index in [2.05, 4.69) is 29.2 Å². The highest BCUT2D eigenvalue weighted by Gasteiger charge is 2.45. The van der Waals surface area contributed by atoms with Crippen LogP contribution in [0.2, 0.25) is 0 Å². The van der Waals surface area contributed by atoms with Crippen LogP contribution in [0.25, 0.3) is 0 Å². The Balaban J connectivity index is 1.59. The maximum absolute atomic E-state index is 11.8. The van der Waals surface area contributed by atoms with Gasteiger partial charge in [-0.15, -0.1) is 0 Å². The number of hydrogen-bond acceptors (Lipinski definition) is 3. The smallest absolute Gasteiger partial charge is 0.410 e. The van der Waals surface area contributed by atoms with Gasteiger partial charge in [-0.2, -0.15) is 0 Å². The fourth-order valence-corrected chi connectivity index (χ4v) is 3.19. The number of carbonyl (C=O) groups excluding carboxylic acids is 1. The molecule has 1 aromatic rings. The summed E-state index contributed by atoms with van der Waals surface area (Å²) in [6.45, 7) is 5.09. The molecular formula is C15H20N2O2. The first kappa shape index (κ1) is 12.5. The highest BCUT2D eigenvalue weighted by atomic mass is 16.6. The number of hydrogen-bond donors (Lipinski definition) is 0. The number of amides is 1. The van der Waals surface area contributed by atoms with Crippen LogP contribution in [0.4, 0.5) is 4.79 Å². The van der Waals surface area contributed by atoms with Crippen molar-refractivity contribution in [3.8, 4) is 0 Å². The second-order valence-electron chi connectivity index (χ2n) is 5.31. The van der Waals surface area contributed by atoms with Crippen molar-refractivity contribution < 1.29 is 9.53 Å². The van der Waals surface area contributed by atoms with Gasteiger partial charge in [0, 0.05) is 31.7 Å². The SMILES string of the molecule is CCOC(=O)N1C[C@@H]2C[C@H]1CN2Cc1ccccc1. The predicted octanol–water partition coefficient (Wildman–Crippen LogP) is 2.10. The van der Waals surface area contributed by atoms with E-state index in [1.54, 1.807) is 0 Å². The van der Waals surface area contributed by atoms with E-state index in [1.165, 1.54) is 5.56 Å². The number of fused-ring (bicyclic) bond motifs is 2. The number of ether oxygens (including phenoxy) is 1. The van der Waals surface area contributed by atoms with Crippen molar-refractivity contribution in [2.75, 3.05) is 19.7 Å². The minimum absolute atomic E-state index is 0.144. The molecule has 19 heavy (non-hydrogen) atoms. The molecule has 2 atom stereocenters. The second kappa shape index (κ2) is 5.21. The van der Waals surface area contributed by atoms with Crippen molar-refractivity contribution in [2.45, 2.75) is 32.0 Å². The first-order valence-electron chi connectivity index (χ1n) is 6.99. The standard InChI is InChI=1S/C15H20N2O2/c1-2-19-15(18)17-11-13-8-14(17)10-16(13)9-12-6-4-3-5-7-12/h3-7,13-14H,2,8-11H2,1H3/t13-,14-/m0/s1. The third kappa shape index (κ3) is 2.45. The molecule has 3 rings (SSSR count). The van der Waals surface area contributed by atoms with E-state index in [0.29, 0.717) is 18.7 Å². The third-order valence-corrected chi connectivity index (χ3v) is 4.08. The van der Waals surface area contributed by atoms with Crippen LogP contribution < -0.4 is 0 Å². The predicted molar refractivity (Wildman–Crippen MR) is 72.8 cm³/mol. The highest BCUT2D eigenvalue weighted by Crippen LogP contribution is 2.32. The van der Waals surface area contributed by atoms with Crippen molar-refractivity contribution >= 4 is 6.09 Å². The number of piperazine rings is 1. The molecule has 0 spiro atoms. The number of nitrogens with zero attached hydrogens (tertiary/aromatic N) is 2.